The number of nitrogens with zero attached hydrogens (tertiary/aromatic N) is 7. The molecule has 7 nitrogen and oxygen atoms in total. The second-order valence-electron chi connectivity index (χ2n) is 27.1. The summed E-state index contributed by atoms with van der Waals surface area (Å²) in [7, 11) is 0. The summed E-state index contributed by atoms with van der Waals surface area (Å²) in [6.45, 7) is 0. The lowest BCUT2D eigenvalue weighted by Gasteiger charge is -2.15. The maximum atomic E-state index is 5.22. The minimum Gasteiger partial charge on any atom is -0.255 e. The maximum absolute atomic E-state index is 5.22. The van der Waals surface area contributed by atoms with Crippen LogP contribution in [0, 0.1) is 0 Å². The van der Waals surface area contributed by atoms with Gasteiger partial charge in [-0.15, -0.1) is 0 Å². The fourth-order valence-electron chi connectivity index (χ4n) is 15.0. The van der Waals surface area contributed by atoms with Crippen LogP contribution >= 0.6 is 0 Å². The van der Waals surface area contributed by atoms with Crippen molar-refractivity contribution >= 4 is 65.2 Å². The standard InChI is InChI=1S/C52H34N4.C49H31N3/c1-2-11-35(12-3-1)36-25-29-41(30-26-36)52-45-15-10-14-43(51(45)44-13-4-5-16-46(44)56-52)40-27-23-38(24-28-40)37-19-21-39(22-20-37)42-33-49(47-17-6-8-31-53-47)55-50(34-42)48-18-7-9-32-54-48;1-3-10-32(11-4-1)33-18-24-37(25-19-33)47-42-16-9-15-40(46(42)41-14-7-8-17-45(41)52-47)34-20-22-36(23-21-34)44-31-29-39-27-26-38-28-30-43(35-12-5-2-6-13-35)50-48(38)49(39)51-44/h1-34H;1-31H. The molecule has 20 aromatic rings. The zero-order chi connectivity index (χ0) is 71.7. The monoisotopic (exact) mass is 1380 g/mol. The molecular weight excluding hydrogens is 1310 g/mol. The maximum Gasteiger partial charge on any atom is 0.0972 e. The predicted molar refractivity (Wildman–Crippen MR) is 448 cm³/mol. The molecule has 0 bridgehead atoms. The van der Waals surface area contributed by atoms with Crippen LogP contribution < -0.4 is 0 Å². The molecule has 0 unspecified atom stereocenters. The van der Waals surface area contributed by atoms with Crippen molar-refractivity contribution in [3.63, 3.8) is 0 Å². The summed E-state index contributed by atoms with van der Waals surface area (Å²) < 4.78 is 0. The molecule has 0 radical (unpaired) electrons. The molecule has 13 aromatic carbocycles. The number of benzene rings is 13. The average Bonchev–Trinajstić information content (AvgIpc) is 0.759. The highest BCUT2D eigenvalue weighted by molar-refractivity contribution is 6.18. The molecule has 0 saturated heterocycles. The van der Waals surface area contributed by atoms with Gasteiger partial charge >= 0.3 is 0 Å². The Bertz CT molecular complexity index is 6650. The molecule has 0 aliphatic rings. The Kier molecular flexibility index (Phi) is 16.8. The zero-order valence-corrected chi connectivity index (χ0v) is 58.7. The summed E-state index contributed by atoms with van der Waals surface area (Å²) in [5, 5.41) is 9.15. The van der Waals surface area contributed by atoms with E-state index < -0.39 is 0 Å². The van der Waals surface area contributed by atoms with Crippen molar-refractivity contribution in [3.8, 4) is 135 Å². The van der Waals surface area contributed by atoms with E-state index >= 15 is 0 Å². The van der Waals surface area contributed by atoms with Gasteiger partial charge in [-0.3, -0.25) is 9.97 Å². The highest BCUT2D eigenvalue weighted by Gasteiger charge is 2.19. The van der Waals surface area contributed by atoms with E-state index in [1.54, 1.807) is 12.4 Å². The molecule has 0 N–H and O–H groups in total. The van der Waals surface area contributed by atoms with Crippen LogP contribution in [-0.2, 0) is 0 Å². The van der Waals surface area contributed by atoms with Crippen LogP contribution in [0.15, 0.2) is 395 Å². The van der Waals surface area contributed by atoms with Gasteiger partial charge in [0.1, 0.15) is 0 Å². The molecule has 7 heterocycles. The summed E-state index contributed by atoms with van der Waals surface area (Å²) in [6.07, 6.45) is 3.60. The van der Waals surface area contributed by atoms with Crippen LogP contribution in [0.3, 0.4) is 0 Å². The fraction of sp³-hybridized carbons (Fsp3) is 0. The summed E-state index contributed by atoms with van der Waals surface area (Å²) in [5.41, 5.74) is 29.2. The summed E-state index contributed by atoms with van der Waals surface area (Å²) in [4.78, 5) is 34.8. The van der Waals surface area contributed by atoms with Gasteiger partial charge in [-0.2, -0.15) is 0 Å². The summed E-state index contributed by atoms with van der Waals surface area (Å²) in [6, 6.07) is 134. The Morgan fingerprint density at radius 2 is 0.481 bits per heavy atom. The van der Waals surface area contributed by atoms with Gasteiger partial charge in [-0.1, -0.05) is 322 Å². The van der Waals surface area contributed by atoms with Crippen LogP contribution in [0.4, 0.5) is 0 Å². The number of fused-ring (bicyclic) bond motifs is 9. The van der Waals surface area contributed by atoms with Crippen molar-refractivity contribution in [2.45, 2.75) is 0 Å². The lowest BCUT2D eigenvalue weighted by molar-refractivity contribution is 1.22. The lowest BCUT2D eigenvalue weighted by atomic mass is 9.91. The molecular formula is C101H65N7. The first-order chi connectivity index (χ1) is 53.5. The first-order valence-electron chi connectivity index (χ1n) is 36.4. The van der Waals surface area contributed by atoms with E-state index in [0.717, 1.165) is 150 Å². The molecule has 0 aliphatic carbocycles. The molecule has 504 valence electrons. The van der Waals surface area contributed by atoms with E-state index in [2.05, 4.69) is 338 Å². The molecule has 7 heteroatoms. The number of aromatic nitrogens is 7. The van der Waals surface area contributed by atoms with Crippen LogP contribution in [0.5, 0.6) is 0 Å². The number of hydrogen-bond donors (Lipinski definition) is 0. The molecule has 20 rings (SSSR count). The third-order valence-corrected chi connectivity index (χ3v) is 20.5. The van der Waals surface area contributed by atoms with Gasteiger partial charge < -0.3 is 0 Å². The van der Waals surface area contributed by atoms with Crippen molar-refractivity contribution in [1.29, 1.82) is 0 Å². The van der Waals surface area contributed by atoms with E-state index in [4.69, 9.17) is 24.9 Å². The zero-order valence-electron chi connectivity index (χ0n) is 58.7. The van der Waals surface area contributed by atoms with Gasteiger partial charge in [0.2, 0.25) is 0 Å². The van der Waals surface area contributed by atoms with Crippen molar-refractivity contribution in [3.05, 3.63) is 395 Å². The average molecular weight is 1380 g/mol. The number of para-hydroxylation sites is 2. The van der Waals surface area contributed by atoms with E-state index in [9.17, 15) is 0 Å². The van der Waals surface area contributed by atoms with E-state index in [-0.39, 0.29) is 0 Å². The van der Waals surface area contributed by atoms with Crippen LogP contribution in [0.2, 0.25) is 0 Å². The SMILES string of the molecule is c1ccc(-c2ccc(-c3nc4ccccc4c4c(-c5ccc(-c6ccc(-c7cc(-c8ccccn8)nc(-c8ccccn8)c7)cc6)cc5)cccc34)cc2)cc1.c1ccc(-c2ccc(-c3nc4ccccc4c4c(-c5ccc(-c6ccc7ccc8ccc(-c9ccccc9)nc8c7n6)cc5)cccc34)cc2)cc1. The van der Waals surface area contributed by atoms with Gasteiger partial charge in [-0.25, -0.2) is 24.9 Å². The molecule has 0 aliphatic heterocycles. The van der Waals surface area contributed by atoms with Crippen LogP contribution in [0.1, 0.15) is 0 Å². The molecule has 0 fully saturated rings. The quantitative estimate of drug-likeness (QED) is 0.113. The highest BCUT2D eigenvalue weighted by Crippen LogP contribution is 2.43. The normalized spacial score (nSPS) is 11.3. The van der Waals surface area contributed by atoms with Crippen molar-refractivity contribution in [2.24, 2.45) is 0 Å². The third kappa shape index (κ3) is 12.5. The first-order valence-corrected chi connectivity index (χ1v) is 36.4. The van der Waals surface area contributed by atoms with E-state index in [1.807, 2.05) is 54.6 Å². The van der Waals surface area contributed by atoms with Crippen molar-refractivity contribution < 1.29 is 0 Å². The van der Waals surface area contributed by atoms with Crippen LogP contribution in [-0.4, -0.2) is 34.9 Å². The van der Waals surface area contributed by atoms with Gasteiger partial charge in [0.25, 0.3) is 0 Å². The summed E-state index contributed by atoms with van der Waals surface area (Å²) >= 11 is 0. The topological polar surface area (TPSA) is 90.2 Å². The number of rotatable bonds is 12. The highest BCUT2D eigenvalue weighted by atomic mass is 14.8. The second kappa shape index (κ2) is 28.3. The Hall–Kier alpha value is -14.5. The first kappa shape index (κ1) is 64.3. The molecule has 0 saturated carbocycles. The molecule has 108 heavy (non-hydrogen) atoms. The van der Waals surface area contributed by atoms with Gasteiger partial charge in [-0.05, 0) is 127 Å². The fourth-order valence-corrected chi connectivity index (χ4v) is 15.0. The van der Waals surface area contributed by atoms with E-state index in [0.29, 0.717) is 0 Å². The summed E-state index contributed by atoms with van der Waals surface area (Å²) in [5.74, 6) is 0. The van der Waals surface area contributed by atoms with Gasteiger partial charge in [0.15, 0.2) is 0 Å². The van der Waals surface area contributed by atoms with Crippen LogP contribution in [0.25, 0.3) is 200 Å². The largest absolute Gasteiger partial charge is 0.255 e. The number of pyridine rings is 7. The molecule has 0 atom stereocenters. The third-order valence-electron chi connectivity index (χ3n) is 20.5. The minimum absolute atomic E-state index is 0.813. The second-order valence-corrected chi connectivity index (χ2v) is 27.1. The van der Waals surface area contributed by atoms with E-state index in [1.165, 1.54) is 49.7 Å². The van der Waals surface area contributed by atoms with Gasteiger partial charge in [0, 0.05) is 77.7 Å². The Balaban J connectivity index is 0.000000147. The lowest BCUT2D eigenvalue weighted by Crippen LogP contribution is -1.94. The molecule has 7 aromatic heterocycles. The molecule has 0 spiro atoms. The Morgan fingerprint density at radius 3 is 0.889 bits per heavy atom. The Morgan fingerprint density at radius 1 is 0.167 bits per heavy atom. The van der Waals surface area contributed by atoms with Crippen molar-refractivity contribution in [1.82, 2.24) is 34.9 Å². The number of hydrogen-bond acceptors (Lipinski definition) is 7. The van der Waals surface area contributed by atoms with Gasteiger partial charge in [0.05, 0.1) is 67.6 Å². The Labute approximate surface area is 625 Å². The van der Waals surface area contributed by atoms with Crippen molar-refractivity contribution in [2.75, 3.05) is 0 Å². The smallest absolute Gasteiger partial charge is 0.0972 e. The molecule has 0 amide bonds. The minimum atomic E-state index is 0.813. The predicted octanol–water partition coefficient (Wildman–Crippen LogP) is 26.1.